The van der Waals surface area contributed by atoms with Crippen LogP contribution in [-0.2, 0) is 6.54 Å². The normalized spacial score (nSPS) is 10.4. The standard InChI is InChI=1S/C8H8N4O2/c1-6-8(9-5-14-6)3-12-2-7(4-13)10-11-12/h2,4-5H,3H2,1H3. The van der Waals surface area contributed by atoms with Crippen LogP contribution in [0, 0.1) is 6.92 Å². The van der Waals surface area contributed by atoms with Gasteiger partial charge < -0.3 is 4.42 Å². The van der Waals surface area contributed by atoms with Crippen molar-refractivity contribution in [2.24, 2.45) is 0 Å². The van der Waals surface area contributed by atoms with Gasteiger partial charge in [-0.3, -0.25) is 4.79 Å². The zero-order chi connectivity index (χ0) is 9.97. The number of nitrogens with zero attached hydrogens (tertiary/aromatic N) is 4. The number of rotatable bonds is 3. The third-order valence-electron chi connectivity index (χ3n) is 1.83. The number of carbonyl (C=O) groups excluding carboxylic acids is 1. The van der Waals surface area contributed by atoms with Gasteiger partial charge in [-0.25, -0.2) is 9.67 Å². The molecule has 72 valence electrons. The maximum Gasteiger partial charge on any atom is 0.181 e. The van der Waals surface area contributed by atoms with E-state index < -0.39 is 0 Å². The van der Waals surface area contributed by atoms with E-state index in [9.17, 15) is 4.79 Å². The topological polar surface area (TPSA) is 73.8 Å². The number of carbonyl (C=O) groups is 1. The van der Waals surface area contributed by atoms with E-state index in [2.05, 4.69) is 15.3 Å². The number of aryl methyl sites for hydroxylation is 1. The SMILES string of the molecule is Cc1ocnc1Cn1cc(C=O)nn1. The number of oxazole rings is 1. The fraction of sp³-hybridized carbons (Fsp3) is 0.250. The average molecular weight is 192 g/mol. The molecule has 2 rings (SSSR count). The second-order valence-corrected chi connectivity index (χ2v) is 2.81. The van der Waals surface area contributed by atoms with Crippen molar-refractivity contribution in [2.45, 2.75) is 13.5 Å². The lowest BCUT2D eigenvalue weighted by Gasteiger charge is -1.95. The van der Waals surface area contributed by atoms with Crippen LogP contribution in [0.3, 0.4) is 0 Å². The molecule has 6 heteroatoms. The lowest BCUT2D eigenvalue weighted by molar-refractivity contribution is 0.111. The van der Waals surface area contributed by atoms with Crippen LogP contribution in [0.2, 0.25) is 0 Å². The maximum atomic E-state index is 10.3. The third kappa shape index (κ3) is 1.54. The molecular formula is C8H8N4O2. The first kappa shape index (κ1) is 8.61. The molecule has 6 nitrogen and oxygen atoms in total. The van der Waals surface area contributed by atoms with Gasteiger partial charge in [0.25, 0.3) is 0 Å². The van der Waals surface area contributed by atoms with Gasteiger partial charge in [0.2, 0.25) is 0 Å². The summed E-state index contributed by atoms with van der Waals surface area (Å²) in [6.07, 6.45) is 3.59. The van der Waals surface area contributed by atoms with Crippen molar-refractivity contribution in [1.82, 2.24) is 20.0 Å². The van der Waals surface area contributed by atoms with Crippen LogP contribution in [-0.4, -0.2) is 26.3 Å². The van der Waals surface area contributed by atoms with Gasteiger partial charge in [0, 0.05) is 0 Å². The molecule has 0 aliphatic carbocycles. The highest BCUT2D eigenvalue weighted by Crippen LogP contribution is 2.05. The van der Waals surface area contributed by atoms with Crippen LogP contribution in [0.25, 0.3) is 0 Å². The summed E-state index contributed by atoms with van der Waals surface area (Å²) < 4.78 is 6.56. The highest BCUT2D eigenvalue weighted by Gasteiger charge is 2.05. The van der Waals surface area contributed by atoms with Crippen molar-refractivity contribution in [3.63, 3.8) is 0 Å². The number of hydrogen-bond donors (Lipinski definition) is 0. The van der Waals surface area contributed by atoms with E-state index in [0.29, 0.717) is 18.5 Å². The van der Waals surface area contributed by atoms with Crippen LogP contribution in [0.15, 0.2) is 17.0 Å². The molecule has 2 aromatic rings. The second-order valence-electron chi connectivity index (χ2n) is 2.81. The first-order valence-corrected chi connectivity index (χ1v) is 4.04. The van der Waals surface area contributed by atoms with Gasteiger partial charge in [0.05, 0.1) is 12.7 Å². The van der Waals surface area contributed by atoms with E-state index in [4.69, 9.17) is 4.42 Å². The fourth-order valence-corrected chi connectivity index (χ4v) is 1.08. The van der Waals surface area contributed by atoms with E-state index in [-0.39, 0.29) is 0 Å². The Kier molecular flexibility index (Phi) is 2.10. The molecule has 0 N–H and O–H groups in total. The van der Waals surface area contributed by atoms with Gasteiger partial charge in [-0.05, 0) is 6.92 Å². The Morgan fingerprint density at radius 3 is 3.07 bits per heavy atom. The first-order chi connectivity index (χ1) is 6.79. The maximum absolute atomic E-state index is 10.3. The third-order valence-corrected chi connectivity index (χ3v) is 1.83. The summed E-state index contributed by atoms with van der Waals surface area (Å²) in [5.41, 5.74) is 1.10. The Bertz CT molecular complexity index is 446. The predicted octanol–water partition coefficient (Wildman–Crippen LogP) is 0.435. The van der Waals surface area contributed by atoms with E-state index >= 15 is 0 Å². The van der Waals surface area contributed by atoms with Gasteiger partial charge in [0.1, 0.15) is 17.1 Å². The fourth-order valence-electron chi connectivity index (χ4n) is 1.08. The molecule has 0 atom stereocenters. The van der Waals surface area contributed by atoms with Crippen LogP contribution in [0.5, 0.6) is 0 Å². The molecule has 0 bridgehead atoms. The molecule has 0 saturated carbocycles. The van der Waals surface area contributed by atoms with Gasteiger partial charge in [-0.2, -0.15) is 0 Å². The summed E-state index contributed by atoms with van der Waals surface area (Å²) in [5, 5.41) is 7.39. The molecule has 0 radical (unpaired) electrons. The Hall–Kier alpha value is -1.98. The molecule has 0 spiro atoms. The molecule has 2 heterocycles. The van der Waals surface area contributed by atoms with Gasteiger partial charge in [-0.1, -0.05) is 5.21 Å². The molecule has 0 aliphatic rings. The number of aromatic nitrogens is 4. The molecule has 0 unspecified atom stereocenters. The monoisotopic (exact) mass is 192 g/mol. The molecule has 0 saturated heterocycles. The van der Waals surface area contributed by atoms with Crippen molar-refractivity contribution < 1.29 is 9.21 Å². The van der Waals surface area contributed by atoms with Crippen LogP contribution in [0.1, 0.15) is 21.9 Å². The minimum absolute atomic E-state index is 0.311. The van der Waals surface area contributed by atoms with Crippen molar-refractivity contribution >= 4 is 6.29 Å². The molecule has 0 aromatic carbocycles. The molecule has 0 fully saturated rings. The summed E-state index contributed by atoms with van der Waals surface area (Å²) in [7, 11) is 0. The summed E-state index contributed by atoms with van der Waals surface area (Å²) in [4.78, 5) is 14.3. The van der Waals surface area contributed by atoms with E-state index in [1.165, 1.54) is 11.1 Å². The molecule has 0 amide bonds. The second kappa shape index (κ2) is 3.41. The number of hydrogen-bond acceptors (Lipinski definition) is 5. The number of aldehydes is 1. The van der Waals surface area contributed by atoms with Crippen molar-refractivity contribution in [3.8, 4) is 0 Å². The summed E-state index contributed by atoms with van der Waals surface area (Å²) in [6, 6.07) is 0. The molecular weight excluding hydrogens is 184 g/mol. The zero-order valence-electron chi connectivity index (χ0n) is 7.54. The van der Waals surface area contributed by atoms with E-state index in [0.717, 1.165) is 11.5 Å². The van der Waals surface area contributed by atoms with Gasteiger partial charge >= 0.3 is 0 Å². The Balaban J connectivity index is 2.18. The van der Waals surface area contributed by atoms with Crippen LogP contribution < -0.4 is 0 Å². The Morgan fingerprint density at radius 2 is 2.50 bits per heavy atom. The molecule has 14 heavy (non-hydrogen) atoms. The molecule has 2 aromatic heterocycles. The largest absolute Gasteiger partial charge is 0.448 e. The molecule has 0 aliphatic heterocycles. The average Bonchev–Trinajstić information content (AvgIpc) is 2.77. The van der Waals surface area contributed by atoms with Gasteiger partial charge in [0.15, 0.2) is 12.7 Å². The van der Waals surface area contributed by atoms with Crippen LogP contribution in [0.4, 0.5) is 0 Å². The summed E-state index contributed by atoms with van der Waals surface area (Å²) in [6.45, 7) is 2.28. The quantitative estimate of drug-likeness (QED) is 0.659. The predicted molar refractivity (Wildman–Crippen MR) is 45.8 cm³/mol. The minimum Gasteiger partial charge on any atom is -0.448 e. The van der Waals surface area contributed by atoms with E-state index in [1.54, 1.807) is 6.20 Å². The Morgan fingerprint density at radius 1 is 1.64 bits per heavy atom. The summed E-state index contributed by atoms with van der Waals surface area (Å²) >= 11 is 0. The van der Waals surface area contributed by atoms with Crippen LogP contribution >= 0.6 is 0 Å². The lowest BCUT2D eigenvalue weighted by atomic mass is 10.3. The summed E-state index contributed by atoms with van der Waals surface area (Å²) in [5.74, 6) is 0.744. The van der Waals surface area contributed by atoms with Gasteiger partial charge in [-0.15, -0.1) is 5.10 Å². The van der Waals surface area contributed by atoms with Crippen molar-refractivity contribution in [3.05, 3.63) is 29.7 Å². The van der Waals surface area contributed by atoms with Crippen molar-refractivity contribution in [1.29, 1.82) is 0 Å². The van der Waals surface area contributed by atoms with E-state index in [1.807, 2.05) is 6.92 Å². The Labute approximate surface area is 79.6 Å². The first-order valence-electron chi connectivity index (χ1n) is 4.04. The highest BCUT2D eigenvalue weighted by atomic mass is 16.3. The minimum atomic E-state index is 0.311. The lowest BCUT2D eigenvalue weighted by Crippen LogP contribution is -2.01. The highest BCUT2D eigenvalue weighted by molar-refractivity contribution is 5.70. The zero-order valence-corrected chi connectivity index (χ0v) is 7.54. The smallest absolute Gasteiger partial charge is 0.181 e. The van der Waals surface area contributed by atoms with Crippen molar-refractivity contribution in [2.75, 3.05) is 0 Å².